The number of benzene rings is 2. The van der Waals surface area contributed by atoms with E-state index in [4.69, 9.17) is 0 Å². The van der Waals surface area contributed by atoms with Crippen LogP contribution in [0.1, 0.15) is 36.0 Å². The van der Waals surface area contributed by atoms with Crippen LogP contribution in [0.5, 0.6) is 0 Å². The second-order valence-corrected chi connectivity index (χ2v) is 7.68. The van der Waals surface area contributed by atoms with E-state index in [-0.39, 0.29) is 30.3 Å². The molecule has 2 fully saturated rings. The lowest BCUT2D eigenvalue weighted by molar-refractivity contribution is -0.123. The SMILES string of the molecule is Cl.O=C(NCC1CCCN(C(=O)c2cccc3ccccc23)C1)C1CCCN1. The molecule has 2 saturated heterocycles. The Hall–Kier alpha value is -2.11. The highest BCUT2D eigenvalue weighted by molar-refractivity contribution is 6.07. The average Bonchev–Trinajstić information content (AvgIpc) is 3.26. The molecule has 28 heavy (non-hydrogen) atoms. The number of halogens is 1. The third kappa shape index (κ3) is 4.47. The first-order valence-corrected chi connectivity index (χ1v) is 10.0. The first kappa shape index (κ1) is 20.6. The third-order valence-corrected chi connectivity index (χ3v) is 5.77. The number of nitrogens with one attached hydrogen (secondary N) is 2. The predicted molar refractivity (Wildman–Crippen MR) is 114 cm³/mol. The first-order valence-electron chi connectivity index (χ1n) is 10.0. The van der Waals surface area contributed by atoms with Gasteiger partial charge in [-0.3, -0.25) is 9.59 Å². The Balaban J connectivity index is 0.00000225. The number of likely N-dealkylation sites (tertiary alicyclic amines) is 1. The summed E-state index contributed by atoms with van der Waals surface area (Å²) >= 11 is 0. The molecule has 0 aliphatic carbocycles. The Bertz CT molecular complexity index is 830. The standard InChI is InChI=1S/C22H27N3O2.ClH/c26-21(20-11-4-12-23-20)24-14-16-6-5-13-25(15-16)22(27)19-10-3-8-17-7-1-2-9-18(17)19;/h1-3,7-10,16,20,23H,4-6,11-15H2,(H,24,26);1H. The van der Waals surface area contributed by atoms with Gasteiger partial charge in [-0.2, -0.15) is 0 Å². The van der Waals surface area contributed by atoms with Crippen molar-refractivity contribution in [3.8, 4) is 0 Å². The van der Waals surface area contributed by atoms with Gasteiger partial charge in [0.05, 0.1) is 6.04 Å². The first-order chi connectivity index (χ1) is 13.2. The fraction of sp³-hybridized carbons (Fsp3) is 0.455. The molecule has 2 aromatic carbocycles. The van der Waals surface area contributed by atoms with Gasteiger partial charge in [0.15, 0.2) is 0 Å². The van der Waals surface area contributed by atoms with Crippen LogP contribution in [0.4, 0.5) is 0 Å². The minimum absolute atomic E-state index is 0. The van der Waals surface area contributed by atoms with E-state index in [1.54, 1.807) is 0 Å². The fourth-order valence-electron chi connectivity index (χ4n) is 4.27. The molecule has 150 valence electrons. The van der Waals surface area contributed by atoms with E-state index < -0.39 is 0 Å². The normalized spacial score (nSPS) is 21.9. The van der Waals surface area contributed by atoms with E-state index in [1.165, 1.54) is 0 Å². The molecule has 2 heterocycles. The van der Waals surface area contributed by atoms with Crippen LogP contribution < -0.4 is 10.6 Å². The van der Waals surface area contributed by atoms with Gasteiger partial charge in [0, 0.05) is 25.2 Å². The van der Waals surface area contributed by atoms with Gasteiger partial charge in [-0.1, -0.05) is 36.4 Å². The molecule has 0 spiro atoms. The minimum atomic E-state index is -0.0398. The number of rotatable bonds is 4. The molecule has 5 nitrogen and oxygen atoms in total. The molecule has 0 bridgehead atoms. The summed E-state index contributed by atoms with van der Waals surface area (Å²) in [6, 6.07) is 13.9. The second-order valence-electron chi connectivity index (χ2n) is 7.68. The van der Waals surface area contributed by atoms with Crippen LogP contribution in [0.2, 0.25) is 0 Å². The van der Waals surface area contributed by atoms with E-state index in [0.717, 1.165) is 55.1 Å². The summed E-state index contributed by atoms with van der Waals surface area (Å²) in [4.78, 5) is 27.3. The van der Waals surface area contributed by atoms with Gasteiger partial charge in [-0.05, 0) is 55.0 Å². The van der Waals surface area contributed by atoms with Gasteiger partial charge in [0.1, 0.15) is 0 Å². The number of carbonyl (C=O) groups excluding carboxylic acids is 2. The zero-order valence-corrected chi connectivity index (χ0v) is 16.8. The molecule has 4 rings (SSSR count). The lowest BCUT2D eigenvalue weighted by Gasteiger charge is -2.33. The van der Waals surface area contributed by atoms with Crippen LogP contribution in [-0.2, 0) is 4.79 Å². The van der Waals surface area contributed by atoms with E-state index >= 15 is 0 Å². The van der Waals surface area contributed by atoms with Crippen molar-refractivity contribution in [1.29, 1.82) is 0 Å². The Morgan fingerprint density at radius 2 is 1.89 bits per heavy atom. The fourth-order valence-corrected chi connectivity index (χ4v) is 4.27. The molecule has 2 aromatic rings. The van der Waals surface area contributed by atoms with Crippen molar-refractivity contribution in [1.82, 2.24) is 15.5 Å². The molecule has 2 N–H and O–H groups in total. The Labute approximate surface area is 172 Å². The lowest BCUT2D eigenvalue weighted by Crippen LogP contribution is -2.46. The van der Waals surface area contributed by atoms with Crippen LogP contribution in [0.15, 0.2) is 42.5 Å². The summed E-state index contributed by atoms with van der Waals surface area (Å²) in [6.07, 6.45) is 4.02. The lowest BCUT2D eigenvalue weighted by atomic mass is 9.96. The summed E-state index contributed by atoms with van der Waals surface area (Å²) in [6.45, 7) is 3.07. The number of hydrogen-bond acceptors (Lipinski definition) is 3. The molecular formula is C22H28ClN3O2. The molecule has 2 atom stereocenters. The second kappa shape index (κ2) is 9.39. The Kier molecular flexibility index (Phi) is 6.92. The van der Waals surface area contributed by atoms with Gasteiger partial charge in [0.25, 0.3) is 5.91 Å². The van der Waals surface area contributed by atoms with Crippen LogP contribution in [0, 0.1) is 5.92 Å². The number of nitrogens with zero attached hydrogens (tertiary/aromatic N) is 1. The van der Waals surface area contributed by atoms with E-state index in [9.17, 15) is 9.59 Å². The molecule has 0 saturated carbocycles. The van der Waals surface area contributed by atoms with Crippen LogP contribution >= 0.6 is 12.4 Å². The largest absolute Gasteiger partial charge is 0.354 e. The monoisotopic (exact) mass is 401 g/mol. The number of carbonyl (C=O) groups is 2. The van der Waals surface area contributed by atoms with Crippen molar-refractivity contribution in [3.63, 3.8) is 0 Å². The third-order valence-electron chi connectivity index (χ3n) is 5.77. The van der Waals surface area contributed by atoms with Crippen molar-refractivity contribution < 1.29 is 9.59 Å². The van der Waals surface area contributed by atoms with Crippen molar-refractivity contribution in [2.24, 2.45) is 5.92 Å². The summed E-state index contributed by atoms with van der Waals surface area (Å²) in [5.74, 6) is 0.522. The van der Waals surface area contributed by atoms with Crippen LogP contribution in [0.3, 0.4) is 0 Å². The molecule has 2 amide bonds. The molecule has 2 aliphatic rings. The average molecular weight is 402 g/mol. The number of hydrogen-bond donors (Lipinski definition) is 2. The molecule has 6 heteroatoms. The minimum Gasteiger partial charge on any atom is -0.354 e. The summed E-state index contributed by atoms with van der Waals surface area (Å²) in [5, 5.41) is 8.41. The van der Waals surface area contributed by atoms with E-state index in [1.807, 2.05) is 47.4 Å². The van der Waals surface area contributed by atoms with E-state index in [2.05, 4.69) is 10.6 Å². The highest BCUT2D eigenvalue weighted by Gasteiger charge is 2.27. The molecule has 0 radical (unpaired) electrons. The van der Waals surface area contributed by atoms with Gasteiger partial charge in [-0.25, -0.2) is 0 Å². The summed E-state index contributed by atoms with van der Waals surface area (Å²) in [5.41, 5.74) is 0.771. The summed E-state index contributed by atoms with van der Waals surface area (Å²) in [7, 11) is 0. The van der Waals surface area contributed by atoms with Crippen molar-refractivity contribution in [2.45, 2.75) is 31.7 Å². The van der Waals surface area contributed by atoms with Gasteiger partial charge >= 0.3 is 0 Å². The molecule has 2 aliphatic heterocycles. The Morgan fingerprint density at radius 1 is 1.07 bits per heavy atom. The van der Waals surface area contributed by atoms with Crippen molar-refractivity contribution in [2.75, 3.05) is 26.2 Å². The maximum Gasteiger partial charge on any atom is 0.254 e. The zero-order valence-electron chi connectivity index (χ0n) is 16.0. The van der Waals surface area contributed by atoms with Gasteiger partial charge < -0.3 is 15.5 Å². The van der Waals surface area contributed by atoms with Crippen molar-refractivity contribution in [3.05, 3.63) is 48.0 Å². The maximum atomic E-state index is 13.1. The van der Waals surface area contributed by atoms with E-state index in [0.29, 0.717) is 19.0 Å². The van der Waals surface area contributed by atoms with Gasteiger partial charge in [0.2, 0.25) is 5.91 Å². The predicted octanol–water partition coefficient (Wildman–Crippen LogP) is 2.98. The molecule has 0 aromatic heterocycles. The topological polar surface area (TPSA) is 61.4 Å². The summed E-state index contributed by atoms with van der Waals surface area (Å²) < 4.78 is 0. The van der Waals surface area contributed by atoms with Crippen LogP contribution in [-0.4, -0.2) is 48.9 Å². The molecule has 2 unspecified atom stereocenters. The molecular weight excluding hydrogens is 374 g/mol. The number of piperidine rings is 1. The van der Waals surface area contributed by atoms with Crippen molar-refractivity contribution >= 4 is 35.0 Å². The number of fused-ring (bicyclic) bond motifs is 1. The zero-order chi connectivity index (χ0) is 18.6. The quantitative estimate of drug-likeness (QED) is 0.827. The highest BCUT2D eigenvalue weighted by atomic mass is 35.5. The Morgan fingerprint density at radius 3 is 2.71 bits per heavy atom. The smallest absolute Gasteiger partial charge is 0.254 e. The number of amides is 2. The van der Waals surface area contributed by atoms with Gasteiger partial charge in [-0.15, -0.1) is 12.4 Å². The highest BCUT2D eigenvalue weighted by Crippen LogP contribution is 2.23. The maximum absolute atomic E-state index is 13.1. The van der Waals surface area contributed by atoms with Crippen LogP contribution in [0.25, 0.3) is 10.8 Å².